The van der Waals surface area contributed by atoms with Gasteiger partial charge in [0.15, 0.2) is 11.5 Å². The van der Waals surface area contributed by atoms with Crippen LogP contribution in [0.1, 0.15) is 43.5 Å². The van der Waals surface area contributed by atoms with Crippen molar-refractivity contribution in [1.29, 1.82) is 0 Å². The first-order valence-corrected chi connectivity index (χ1v) is 8.79. The molecule has 0 spiro atoms. The number of hydrogen-bond acceptors (Lipinski definition) is 3. The van der Waals surface area contributed by atoms with Gasteiger partial charge in [0.1, 0.15) is 0 Å². The van der Waals surface area contributed by atoms with Crippen molar-refractivity contribution >= 4 is 15.9 Å². The highest BCUT2D eigenvalue weighted by atomic mass is 79.9. The summed E-state index contributed by atoms with van der Waals surface area (Å²) < 4.78 is 17.1. The summed E-state index contributed by atoms with van der Waals surface area (Å²) in [6.45, 7) is 7.34. The topological polar surface area (TPSA) is 27.7 Å². The minimum absolute atomic E-state index is 0.309. The van der Waals surface area contributed by atoms with Crippen LogP contribution in [-0.2, 0) is 4.74 Å². The molecule has 0 saturated carbocycles. The summed E-state index contributed by atoms with van der Waals surface area (Å²) in [6.07, 6.45) is 3.09. The van der Waals surface area contributed by atoms with Crippen LogP contribution in [0.15, 0.2) is 18.2 Å². The minimum Gasteiger partial charge on any atom is -0.490 e. The predicted molar refractivity (Wildman–Crippen MR) is 88.6 cm³/mol. The molecule has 1 saturated heterocycles. The SMILES string of the molecule is CCCOc1ccc(C(Br)C2CCOC2)cc1OCCC. The highest BCUT2D eigenvalue weighted by molar-refractivity contribution is 9.09. The van der Waals surface area contributed by atoms with Crippen molar-refractivity contribution in [2.75, 3.05) is 26.4 Å². The van der Waals surface area contributed by atoms with Crippen molar-refractivity contribution in [3.63, 3.8) is 0 Å². The Bertz CT molecular complexity index is 430. The van der Waals surface area contributed by atoms with Crippen LogP contribution in [0.5, 0.6) is 11.5 Å². The Morgan fingerprint density at radius 2 is 1.90 bits per heavy atom. The minimum atomic E-state index is 0.309. The molecule has 1 aliphatic heterocycles. The second-order valence-corrected chi connectivity index (χ2v) is 6.42. The van der Waals surface area contributed by atoms with Gasteiger partial charge in [-0.2, -0.15) is 0 Å². The third-order valence-electron chi connectivity index (χ3n) is 3.59. The molecule has 2 rings (SSSR count). The normalized spacial score (nSPS) is 19.5. The fourth-order valence-electron chi connectivity index (χ4n) is 2.41. The maximum absolute atomic E-state index is 5.86. The smallest absolute Gasteiger partial charge is 0.161 e. The molecule has 0 aliphatic carbocycles. The molecule has 1 heterocycles. The molecule has 1 aromatic rings. The largest absolute Gasteiger partial charge is 0.490 e. The van der Waals surface area contributed by atoms with Gasteiger partial charge in [-0.1, -0.05) is 35.8 Å². The van der Waals surface area contributed by atoms with Crippen LogP contribution in [0.2, 0.25) is 0 Å². The lowest BCUT2D eigenvalue weighted by Gasteiger charge is -2.19. The first kappa shape index (κ1) is 16.6. The van der Waals surface area contributed by atoms with Crippen molar-refractivity contribution in [3.05, 3.63) is 23.8 Å². The lowest BCUT2D eigenvalue weighted by Crippen LogP contribution is -2.08. The van der Waals surface area contributed by atoms with Gasteiger partial charge in [0, 0.05) is 17.4 Å². The van der Waals surface area contributed by atoms with Gasteiger partial charge < -0.3 is 14.2 Å². The standard InChI is InChI=1S/C17H25BrO3/c1-3-8-20-15-6-5-13(11-16(15)21-9-4-2)17(18)14-7-10-19-12-14/h5-6,11,14,17H,3-4,7-10,12H2,1-2H3. The molecule has 1 aromatic carbocycles. The summed E-state index contributed by atoms with van der Waals surface area (Å²) in [5.74, 6) is 2.23. The number of hydrogen-bond donors (Lipinski definition) is 0. The lowest BCUT2D eigenvalue weighted by atomic mass is 9.98. The van der Waals surface area contributed by atoms with E-state index in [1.165, 1.54) is 5.56 Å². The van der Waals surface area contributed by atoms with Crippen LogP contribution >= 0.6 is 15.9 Å². The van der Waals surface area contributed by atoms with E-state index in [4.69, 9.17) is 14.2 Å². The second kappa shape index (κ2) is 8.64. The highest BCUT2D eigenvalue weighted by Crippen LogP contribution is 2.39. The van der Waals surface area contributed by atoms with E-state index in [2.05, 4.69) is 41.9 Å². The average Bonchev–Trinajstić information content (AvgIpc) is 3.04. The third kappa shape index (κ3) is 4.62. The van der Waals surface area contributed by atoms with Crippen LogP contribution in [0.3, 0.4) is 0 Å². The van der Waals surface area contributed by atoms with Crippen LogP contribution in [0.25, 0.3) is 0 Å². The third-order valence-corrected chi connectivity index (χ3v) is 4.86. The summed E-state index contributed by atoms with van der Waals surface area (Å²) in [7, 11) is 0. The quantitative estimate of drug-likeness (QED) is 0.629. The van der Waals surface area contributed by atoms with Crippen molar-refractivity contribution in [3.8, 4) is 11.5 Å². The zero-order valence-corrected chi connectivity index (χ0v) is 14.5. The fourth-order valence-corrected chi connectivity index (χ4v) is 3.11. The first-order valence-electron chi connectivity index (χ1n) is 7.87. The zero-order valence-electron chi connectivity index (χ0n) is 12.9. The summed E-state index contributed by atoms with van der Waals surface area (Å²) in [4.78, 5) is 0.309. The molecule has 2 atom stereocenters. The zero-order chi connectivity index (χ0) is 15.1. The molecule has 2 unspecified atom stereocenters. The molecule has 0 radical (unpaired) electrons. The number of ether oxygens (including phenoxy) is 3. The fraction of sp³-hybridized carbons (Fsp3) is 0.647. The summed E-state index contributed by atoms with van der Waals surface area (Å²) >= 11 is 3.82. The van der Waals surface area contributed by atoms with E-state index in [1.807, 2.05) is 6.07 Å². The summed E-state index contributed by atoms with van der Waals surface area (Å²) in [6, 6.07) is 6.26. The summed E-state index contributed by atoms with van der Waals surface area (Å²) in [5.41, 5.74) is 1.24. The van der Waals surface area contributed by atoms with Crippen molar-refractivity contribution in [2.24, 2.45) is 5.92 Å². The molecule has 3 nitrogen and oxygen atoms in total. The molecule has 118 valence electrons. The van der Waals surface area contributed by atoms with Gasteiger partial charge in [-0.25, -0.2) is 0 Å². The maximum atomic E-state index is 5.86. The maximum Gasteiger partial charge on any atom is 0.161 e. The Balaban J connectivity index is 2.14. The number of rotatable bonds is 8. The van der Waals surface area contributed by atoms with E-state index in [-0.39, 0.29) is 0 Å². The van der Waals surface area contributed by atoms with Crippen LogP contribution in [0, 0.1) is 5.92 Å². The van der Waals surface area contributed by atoms with E-state index in [9.17, 15) is 0 Å². The number of halogens is 1. The van der Waals surface area contributed by atoms with E-state index in [0.717, 1.165) is 50.6 Å². The van der Waals surface area contributed by atoms with Gasteiger partial charge in [0.25, 0.3) is 0 Å². The van der Waals surface area contributed by atoms with Gasteiger partial charge in [-0.05, 0) is 37.0 Å². The average molecular weight is 357 g/mol. The molecule has 0 amide bonds. The molecule has 0 bridgehead atoms. The van der Waals surface area contributed by atoms with Gasteiger partial charge in [0.2, 0.25) is 0 Å². The Kier molecular flexibility index (Phi) is 6.84. The molecular weight excluding hydrogens is 332 g/mol. The Morgan fingerprint density at radius 1 is 1.19 bits per heavy atom. The molecular formula is C17H25BrO3. The lowest BCUT2D eigenvalue weighted by molar-refractivity contribution is 0.185. The van der Waals surface area contributed by atoms with E-state index >= 15 is 0 Å². The van der Waals surface area contributed by atoms with Crippen molar-refractivity contribution < 1.29 is 14.2 Å². The van der Waals surface area contributed by atoms with Crippen LogP contribution < -0.4 is 9.47 Å². The Morgan fingerprint density at radius 3 is 2.52 bits per heavy atom. The predicted octanol–water partition coefficient (Wildman–Crippen LogP) is 4.74. The molecule has 21 heavy (non-hydrogen) atoms. The monoisotopic (exact) mass is 356 g/mol. The second-order valence-electron chi connectivity index (χ2n) is 5.43. The first-order chi connectivity index (χ1) is 10.3. The van der Waals surface area contributed by atoms with E-state index < -0.39 is 0 Å². The molecule has 0 aromatic heterocycles. The Labute approximate surface area is 136 Å². The van der Waals surface area contributed by atoms with E-state index in [1.54, 1.807) is 0 Å². The Hall–Kier alpha value is -0.740. The van der Waals surface area contributed by atoms with Crippen LogP contribution in [0.4, 0.5) is 0 Å². The molecule has 1 fully saturated rings. The number of alkyl halides is 1. The van der Waals surface area contributed by atoms with E-state index in [0.29, 0.717) is 17.4 Å². The number of benzene rings is 1. The molecule has 0 N–H and O–H groups in total. The van der Waals surface area contributed by atoms with Gasteiger partial charge >= 0.3 is 0 Å². The van der Waals surface area contributed by atoms with Gasteiger partial charge in [0.05, 0.1) is 19.8 Å². The highest BCUT2D eigenvalue weighted by Gasteiger charge is 2.25. The van der Waals surface area contributed by atoms with Crippen molar-refractivity contribution in [1.82, 2.24) is 0 Å². The van der Waals surface area contributed by atoms with Crippen molar-refractivity contribution in [2.45, 2.75) is 37.9 Å². The van der Waals surface area contributed by atoms with Gasteiger partial charge in [-0.15, -0.1) is 0 Å². The molecule has 1 aliphatic rings. The molecule has 4 heteroatoms. The summed E-state index contributed by atoms with van der Waals surface area (Å²) in [5, 5.41) is 0. The van der Waals surface area contributed by atoms with Crippen LogP contribution in [-0.4, -0.2) is 26.4 Å². The van der Waals surface area contributed by atoms with Gasteiger partial charge in [-0.3, -0.25) is 0 Å².